The van der Waals surface area contributed by atoms with Crippen LogP contribution >= 0.6 is 0 Å². The van der Waals surface area contributed by atoms with Gasteiger partial charge < -0.3 is 20.1 Å². The van der Waals surface area contributed by atoms with Gasteiger partial charge in [0.1, 0.15) is 0 Å². The molecule has 0 saturated heterocycles. The average molecular weight is 320 g/mol. The zero-order chi connectivity index (χ0) is 17.3. The van der Waals surface area contributed by atoms with Crippen LogP contribution in [0.5, 0.6) is 11.5 Å². The third kappa shape index (κ3) is 4.87. The van der Waals surface area contributed by atoms with Gasteiger partial charge in [-0.3, -0.25) is 9.59 Å². The fraction of sp³-hybridized carbons (Fsp3) is 0.529. The van der Waals surface area contributed by atoms with Crippen molar-refractivity contribution >= 4 is 17.5 Å². The van der Waals surface area contributed by atoms with Gasteiger partial charge in [0.2, 0.25) is 6.79 Å². The predicted molar refractivity (Wildman–Crippen MR) is 87.5 cm³/mol. The summed E-state index contributed by atoms with van der Waals surface area (Å²) in [6.45, 7) is 10.2. The van der Waals surface area contributed by atoms with Crippen LogP contribution in [0, 0.1) is 5.41 Å². The minimum atomic E-state index is -0.703. The first-order valence-electron chi connectivity index (χ1n) is 7.59. The number of amides is 2. The normalized spacial score (nSPS) is 13.6. The Hall–Kier alpha value is -2.24. The molecule has 2 N–H and O–H groups in total. The first-order valence-corrected chi connectivity index (χ1v) is 7.59. The van der Waals surface area contributed by atoms with Crippen LogP contribution in [0.4, 0.5) is 5.69 Å². The lowest BCUT2D eigenvalue weighted by atomic mass is 9.82. The number of fused-ring (bicyclic) bond motifs is 1. The Bertz CT molecular complexity index is 618. The average Bonchev–Trinajstić information content (AvgIpc) is 2.82. The molecule has 126 valence electrons. The number of anilines is 1. The van der Waals surface area contributed by atoms with E-state index in [1.54, 1.807) is 18.2 Å². The quantitative estimate of drug-likeness (QED) is 0.840. The largest absolute Gasteiger partial charge is 0.454 e. The Labute approximate surface area is 136 Å². The molecule has 2 amide bonds. The van der Waals surface area contributed by atoms with Gasteiger partial charge in [-0.25, -0.2) is 0 Å². The van der Waals surface area contributed by atoms with E-state index in [0.29, 0.717) is 17.2 Å². The fourth-order valence-corrected chi connectivity index (χ4v) is 2.90. The second-order valence-corrected chi connectivity index (χ2v) is 7.60. The molecule has 0 bridgehead atoms. The summed E-state index contributed by atoms with van der Waals surface area (Å²) < 4.78 is 10.4. The Kier molecular flexibility index (Phi) is 4.54. The van der Waals surface area contributed by atoms with Crippen molar-refractivity contribution in [3.63, 3.8) is 0 Å². The summed E-state index contributed by atoms with van der Waals surface area (Å²) in [4.78, 5) is 24.2. The zero-order valence-electron chi connectivity index (χ0n) is 14.3. The van der Waals surface area contributed by atoms with Crippen LogP contribution in [0.1, 0.15) is 41.0 Å². The van der Waals surface area contributed by atoms with E-state index in [-0.39, 0.29) is 12.2 Å². The van der Waals surface area contributed by atoms with Crippen molar-refractivity contribution in [3.05, 3.63) is 18.2 Å². The van der Waals surface area contributed by atoms with Crippen LogP contribution in [0.3, 0.4) is 0 Å². The van der Waals surface area contributed by atoms with Crippen molar-refractivity contribution < 1.29 is 19.1 Å². The van der Waals surface area contributed by atoms with E-state index in [9.17, 15) is 9.59 Å². The number of carbonyl (C=O) groups excluding carboxylic acids is 2. The molecule has 0 aliphatic carbocycles. The summed E-state index contributed by atoms with van der Waals surface area (Å²) in [5.74, 6) is -0.183. The molecular weight excluding hydrogens is 296 g/mol. The molecule has 1 aliphatic rings. The summed E-state index contributed by atoms with van der Waals surface area (Å²) in [7, 11) is 0. The molecule has 1 heterocycles. The summed E-state index contributed by atoms with van der Waals surface area (Å²) in [5, 5.41) is 5.35. The van der Waals surface area contributed by atoms with Gasteiger partial charge in [-0.1, -0.05) is 20.8 Å². The predicted octanol–water partition coefficient (Wildman–Crippen LogP) is 2.68. The molecule has 0 spiro atoms. The van der Waals surface area contributed by atoms with E-state index in [1.165, 1.54) is 0 Å². The Morgan fingerprint density at radius 3 is 2.35 bits per heavy atom. The fourth-order valence-electron chi connectivity index (χ4n) is 2.90. The number of ether oxygens (including phenoxy) is 2. The maximum Gasteiger partial charge on any atom is 0.313 e. The Balaban J connectivity index is 1.96. The molecule has 0 radical (unpaired) electrons. The molecule has 1 aromatic rings. The summed E-state index contributed by atoms with van der Waals surface area (Å²) in [6.07, 6.45) is 0.753. The summed E-state index contributed by atoms with van der Waals surface area (Å²) in [5.41, 5.74) is 0.0644. The lowest BCUT2D eigenvalue weighted by molar-refractivity contribution is -0.137. The molecule has 2 rings (SSSR count). The van der Waals surface area contributed by atoms with Crippen molar-refractivity contribution in [2.24, 2.45) is 5.41 Å². The lowest BCUT2D eigenvalue weighted by Gasteiger charge is -2.33. The summed E-state index contributed by atoms with van der Waals surface area (Å²) in [6, 6.07) is 4.99. The standard InChI is InChI=1S/C17H24N2O4/c1-16(2,3)9-17(4,5)19-15(21)14(20)18-11-6-7-12-13(8-11)23-10-22-12/h6-8H,9-10H2,1-5H3,(H,18,20)(H,19,21). The van der Waals surface area contributed by atoms with Crippen LogP contribution < -0.4 is 20.1 Å². The first kappa shape index (κ1) is 17.1. The van der Waals surface area contributed by atoms with Gasteiger partial charge >= 0.3 is 11.8 Å². The highest BCUT2D eigenvalue weighted by Gasteiger charge is 2.29. The van der Waals surface area contributed by atoms with Gasteiger partial charge in [-0.2, -0.15) is 0 Å². The first-order chi connectivity index (χ1) is 10.6. The monoisotopic (exact) mass is 320 g/mol. The van der Waals surface area contributed by atoms with Crippen molar-refractivity contribution in [2.45, 2.75) is 46.6 Å². The van der Waals surface area contributed by atoms with E-state index >= 15 is 0 Å². The molecular formula is C17H24N2O4. The SMILES string of the molecule is CC(C)(C)CC(C)(C)NC(=O)C(=O)Nc1ccc2c(c1)OCO2. The third-order valence-electron chi connectivity index (χ3n) is 3.26. The minimum Gasteiger partial charge on any atom is -0.454 e. The maximum absolute atomic E-state index is 12.1. The van der Waals surface area contributed by atoms with Gasteiger partial charge in [-0.05, 0) is 37.8 Å². The number of rotatable bonds is 3. The van der Waals surface area contributed by atoms with Gasteiger partial charge in [-0.15, -0.1) is 0 Å². The van der Waals surface area contributed by atoms with Gasteiger partial charge in [0.25, 0.3) is 0 Å². The molecule has 6 heteroatoms. The number of nitrogens with one attached hydrogen (secondary N) is 2. The van der Waals surface area contributed by atoms with Crippen molar-refractivity contribution in [1.29, 1.82) is 0 Å². The second-order valence-electron chi connectivity index (χ2n) is 7.60. The number of hydrogen-bond donors (Lipinski definition) is 2. The number of benzene rings is 1. The van der Waals surface area contributed by atoms with E-state index in [0.717, 1.165) is 6.42 Å². The van der Waals surface area contributed by atoms with E-state index in [1.807, 2.05) is 13.8 Å². The lowest BCUT2D eigenvalue weighted by Crippen LogP contribution is -2.49. The topological polar surface area (TPSA) is 76.7 Å². The Morgan fingerprint density at radius 1 is 1.04 bits per heavy atom. The highest BCUT2D eigenvalue weighted by molar-refractivity contribution is 6.39. The number of hydrogen-bond acceptors (Lipinski definition) is 4. The third-order valence-corrected chi connectivity index (χ3v) is 3.26. The van der Waals surface area contributed by atoms with Crippen LogP contribution in [0.25, 0.3) is 0 Å². The van der Waals surface area contributed by atoms with Crippen LogP contribution in [0.15, 0.2) is 18.2 Å². The van der Waals surface area contributed by atoms with Crippen molar-refractivity contribution in [2.75, 3.05) is 12.1 Å². The van der Waals surface area contributed by atoms with Gasteiger partial charge in [0.05, 0.1) is 0 Å². The number of carbonyl (C=O) groups is 2. The highest BCUT2D eigenvalue weighted by atomic mass is 16.7. The Morgan fingerprint density at radius 2 is 1.70 bits per heavy atom. The highest BCUT2D eigenvalue weighted by Crippen LogP contribution is 2.34. The molecule has 1 aliphatic heterocycles. The molecule has 1 aromatic carbocycles. The molecule has 0 fully saturated rings. The van der Waals surface area contributed by atoms with Crippen molar-refractivity contribution in [1.82, 2.24) is 5.32 Å². The van der Waals surface area contributed by atoms with E-state index in [4.69, 9.17) is 9.47 Å². The maximum atomic E-state index is 12.1. The smallest absolute Gasteiger partial charge is 0.313 e. The molecule has 0 atom stereocenters. The molecule has 6 nitrogen and oxygen atoms in total. The van der Waals surface area contributed by atoms with Crippen LogP contribution in [-0.4, -0.2) is 24.1 Å². The van der Waals surface area contributed by atoms with Crippen LogP contribution in [0.2, 0.25) is 0 Å². The molecule has 23 heavy (non-hydrogen) atoms. The zero-order valence-corrected chi connectivity index (χ0v) is 14.3. The van der Waals surface area contributed by atoms with Crippen LogP contribution in [-0.2, 0) is 9.59 Å². The molecule has 0 saturated carbocycles. The molecule has 0 unspecified atom stereocenters. The van der Waals surface area contributed by atoms with Crippen molar-refractivity contribution in [3.8, 4) is 11.5 Å². The van der Waals surface area contributed by atoms with E-state index in [2.05, 4.69) is 31.4 Å². The second kappa shape index (κ2) is 6.10. The summed E-state index contributed by atoms with van der Waals surface area (Å²) >= 11 is 0. The molecule has 0 aromatic heterocycles. The van der Waals surface area contributed by atoms with Gasteiger partial charge in [0, 0.05) is 17.3 Å². The van der Waals surface area contributed by atoms with Gasteiger partial charge in [0.15, 0.2) is 11.5 Å². The van der Waals surface area contributed by atoms with E-state index < -0.39 is 17.4 Å². The minimum absolute atomic E-state index is 0.0462.